The van der Waals surface area contributed by atoms with Crippen LogP contribution in [0.2, 0.25) is 0 Å². The molecule has 32 heavy (non-hydrogen) atoms. The molecule has 0 fully saturated rings. The number of hydrogen-bond acceptors (Lipinski definition) is 8. The zero-order valence-electron chi connectivity index (χ0n) is 18.1. The molecule has 1 aliphatic rings. The molecule has 0 bridgehead atoms. The van der Waals surface area contributed by atoms with Crippen LogP contribution in [0.5, 0.6) is 11.5 Å². The van der Waals surface area contributed by atoms with Crippen molar-refractivity contribution in [1.29, 1.82) is 0 Å². The number of hydrogen-bond donors (Lipinski definition) is 3. The van der Waals surface area contributed by atoms with E-state index in [1.54, 1.807) is 38.3 Å². The lowest BCUT2D eigenvalue weighted by Crippen LogP contribution is -2.59. The van der Waals surface area contributed by atoms with Crippen molar-refractivity contribution in [3.63, 3.8) is 0 Å². The number of fused-ring (bicyclic) bond motifs is 1. The van der Waals surface area contributed by atoms with Gasteiger partial charge in [0.25, 0.3) is 5.69 Å². The molecule has 11 nitrogen and oxygen atoms in total. The first-order valence-corrected chi connectivity index (χ1v) is 9.68. The Kier molecular flexibility index (Phi) is 6.82. The largest absolute Gasteiger partial charge is 0.497 e. The van der Waals surface area contributed by atoms with Gasteiger partial charge in [-0.3, -0.25) is 10.1 Å². The summed E-state index contributed by atoms with van der Waals surface area (Å²) in [5.41, 5.74) is 5.53. The fourth-order valence-corrected chi connectivity index (χ4v) is 3.65. The van der Waals surface area contributed by atoms with Crippen LogP contribution in [0.15, 0.2) is 47.5 Å². The lowest BCUT2D eigenvalue weighted by molar-refractivity contribution is -0.385. The van der Waals surface area contributed by atoms with Gasteiger partial charge in [0, 0.05) is 37.6 Å². The summed E-state index contributed by atoms with van der Waals surface area (Å²) in [6.45, 7) is 1.61. The Morgan fingerprint density at radius 2 is 1.91 bits per heavy atom. The van der Waals surface area contributed by atoms with Gasteiger partial charge in [0.15, 0.2) is 17.9 Å². The molecule has 0 amide bonds. The van der Waals surface area contributed by atoms with Crippen LogP contribution in [0.3, 0.4) is 0 Å². The maximum atomic E-state index is 11.3. The Bertz CT molecular complexity index is 994. The molecule has 2 aromatic carbocycles. The van der Waals surface area contributed by atoms with E-state index >= 15 is 0 Å². The Morgan fingerprint density at radius 3 is 2.47 bits per heavy atom. The molecule has 0 spiro atoms. The zero-order valence-corrected chi connectivity index (χ0v) is 18.1. The summed E-state index contributed by atoms with van der Waals surface area (Å²) in [5, 5.41) is 25.5. The van der Waals surface area contributed by atoms with Gasteiger partial charge in [0.05, 0.1) is 12.0 Å². The fourth-order valence-electron chi connectivity index (χ4n) is 3.65. The number of nitro groups is 1. The van der Waals surface area contributed by atoms with E-state index in [1.807, 2.05) is 0 Å². The average molecular weight is 446 g/mol. The van der Waals surface area contributed by atoms with Gasteiger partial charge in [-0.05, 0) is 37.3 Å². The molecule has 4 N–H and O–H groups in total. The van der Waals surface area contributed by atoms with Gasteiger partial charge in [-0.15, -0.1) is 0 Å². The van der Waals surface area contributed by atoms with E-state index in [9.17, 15) is 15.2 Å². The number of nitrogens with one attached hydrogen (secondary N) is 1. The third-order valence-corrected chi connectivity index (χ3v) is 5.28. The number of aliphatic hydroxyl groups excluding tert-OH is 1. The number of guanidine groups is 1. The molecule has 2 aromatic rings. The highest BCUT2D eigenvalue weighted by Gasteiger charge is 2.52. The van der Waals surface area contributed by atoms with Crippen molar-refractivity contribution in [1.82, 2.24) is 0 Å². The molecule has 0 aromatic heterocycles. The quantitative estimate of drug-likeness (QED) is 0.191. The minimum absolute atomic E-state index is 0.00712. The van der Waals surface area contributed by atoms with Crippen LogP contribution in [0, 0.1) is 10.1 Å². The van der Waals surface area contributed by atoms with Crippen LogP contribution < -0.4 is 20.5 Å². The highest BCUT2D eigenvalue weighted by molar-refractivity contribution is 5.92. The number of anilines is 1. The van der Waals surface area contributed by atoms with Crippen LogP contribution >= 0.6 is 0 Å². The molecule has 0 aliphatic carbocycles. The van der Waals surface area contributed by atoms with E-state index in [-0.39, 0.29) is 11.6 Å². The molecule has 3 rings (SSSR count). The van der Waals surface area contributed by atoms with Gasteiger partial charge in [-0.2, -0.15) is 0 Å². The number of benzene rings is 2. The van der Waals surface area contributed by atoms with Crippen molar-refractivity contribution in [2.24, 2.45) is 10.7 Å². The van der Waals surface area contributed by atoms with E-state index < -0.39 is 29.0 Å². The standard InChI is InChI=1S/C21H26N4O7/c1-21(19(30-3)31-4)18(26)17(15-11-13(25(27)28)7-10-16(15)32-21)24-20(22)23-12-5-8-14(29-2)9-6-12/h5-11,17-19,26H,1-4H3,(H3,22,23,24). The third-order valence-electron chi connectivity index (χ3n) is 5.28. The van der Waals surface area contributed by atoms with Crippen molar-refractivity contribution in [3.05, 3.63) is 58.1 Å². The number of ether oxygens (including phenoxy) is 4. The normalized spacial score (nSPS) is 22.8. The van der Waals surface area contributed by atoms with Crippen LogP contribution in [0.1, 0.15) is 18.5 Å². The molecule has 172 valence electrons. The van der Waals surface area contributed by atoms with Crippen molar-refractivity contribution in [2.75, 3.05) is 26.6 Å². The number of nitrogens with two attached hydrogens (primary N) is 1. The predicted molar refractivity (Wildman–Crippen MR) is 117 cm³/mol. The maximum Gasteiger partial charge on any atom is 0.270 e. The van der Waals surface area contributed by atoms with Gasteiger partial charge in [-0.1, -0.05) is 0 Å². The van der Waals surface area contributed by atoms with Crippen molar-refractivity contribution < 1.29 is 29.0 Å². The summed E-state index contributed by atoms with van der Waals surface area (Å²) in [4.78, 5) is 15.2. The minimum atomic E-state index is -1.37. The first kappa shape index (κ1) is 23.3. The maximum absolute atomic E-state index is 11.3. The predicted octanol–water partition coefficient (Wildman–Crippen LogP) is 2.20. The van der Waals surface area contributed by atoms with Crippen LogP contribution in [-0.2, 0) is 9.47 Å². The summed E-state index contributed by atoms with van der Waals surface area (Å²) >= 11 is 0. The molecule has 3 unspecified atom stereocenters. The van der Waals surface area contributed by atoms with E-state index in [4.69, 9.17) is 24.7 Å². The molecule has 0 saturated carbocycles. The number of aliphatic imine (C=N–C) groups is 1. The second-order valence-electron chi connectivity index (χ2n) is 7.33. The number of methoxy groups -OCH3 is 3. The first-order chi connectivity index (χ1) is 15.2. The molecule has 0 radical (unpaired) electrons. The van der Waals surface area contributed by atoms with Crippen molar-refractivity contribution in [2.45, 2.75) is 31.0 Å². The highest BCUT2D eigenvalue weighted by atomic mass is 16.7. The van der Waals surface area contributed by atoms with Crippen LogP contribution in [0.25, 0.3) is 0 Å². The Hall–Kier alpha value is -3.41. The fraction of sp³-hybridized carbons (Fsp3) is 0.381. The van der Waals surface area contributed by atoms with E-state index in [0.29, 0.717) is 22.7 Å². The summed E-state index contributed by atoms with van der Waals surface area (Å²) in [5.74, 6) is 0.967. The van der Waals surface area contributed by atoms with Gasteiger partial charge >= 0.3 is 0 Å². The zero-order chi connectivity index (χ0) is 23.5. The molecular weight excluding hydrogens is 420 g/mol. The molecule has 0 saturated heterocycles. The number of non-ortho nitro benzene ring substituents is 1. The second kappa shape index (κ2) is 9.39. The average Bonchev–Trinajstić information content (AvgIpc) is 2.78. The molecule has 1 heterocycles. The Morgan fingerprint density at radius 1 is 1.25 bits per heavy atom. The van der Waals surface area contributed by atoms with Crippen molar-refractivity contribution in [3.8, 4) is 11.5 Å². The van der Waals surface area contributed by atoms with Gasteiger partial charge in [-0.25, -0.2) is 4.99 Å². The lowest BCUT2D eigenvalue weighted by Gasteiger charge is -2.45. The molecule has 11 heteroatoms. The summed E-state index contributed by atoms with van der Waals surface area (Å²) < 4.78 is 21.8. The third kappa shape index (κ3) is 4.44. The number of nitrogens with zero attached hydrogens (tertiary/aromatic N) is 2. The first-order valence-electron chi connectivity index (χ1n) is 9.68. The van der Waals surface area contributed by atoms with E-state index in [1.165, 1.54) is 32.4 Å². The summed E-state index contributed by atoms with van der Waals surface area (Å²) in [6.07, 6.45) is -2.26. The van der Waals surface area contributed by atoms with Gasteiger partial charge < -0.3 is 35.1 Å². The lowest BCUT2D eigenvalue weighted by atomic mass is 9.84. The van der Waals surface area contributed by atoms with E-state index in [2.05, 4.69) is 10.3 Å². The highest BCUT2D eigenvalue weighted by Crippen LogP contribution is 2.45. The summed E-state index contributed by atoms with van der Waals surface area (Å²) in [6, 6.07) is 10.1. The number of aliphatic hydroxyl groups is 1. The minimum Gasteiger partial charge on any atom is -0.497 e. The SMILES string of the molecule is COc1ccc(NC(N)=NC2c3cc([N+](=O)[O-])ccc3OC(C)(C(OC)OC)C2O)cc1. The van der Waals surface area contributed by atoms with E-state index in [0.717, 1.165) is 0 Å². The smallest absolute Gasteiger partial charge is 0.270 e. The van der Waals surface area contributed by atoms with Crippen molar-refractivity contribution >= 4 is 17.3 Å². The van der Waals surface area contributed by atoms with Gasteiger partial charge in [0.2, 0.25) is 0 Å². The number of nitro benzene ring substituents is 1. The Labute approximate surface area is 184 Å². The second-order valence-corrected chi connectivity index (χ2v) is 7.33. The molecular formula is C21H26N4O7. The topological polar surface area (TPSA) is 151 Å². The van der Waals surface area contributed by atoms with Crippen LogP contribution in [-0.4, -0.2) is 55.3 Å². The molecule has 1 aliphatic heterocycles. The summed E-state index contributed by atoms with van der Waals surface area (Å²) in [7, 11) is 4.39. The molecule has 3 atom stereocenters. The number of rotatable bonds is 7. The Balaban J connectivity index is 2.02. The monoisotopic (exact) mass is 446 g/mol. The van der Waals surface area contributed by atoms with Crippen LogP contribution in [0.4, 0.5) is 11.4 Å². The van der Waals surface area contributed by atoms with Gasteiger partial charge in [0.1, 0.15) is 23.6 Å².